The molecule has 1 aromatic heterocycles. The van der Waals surface area contributed by atoms with E-state index in [4.69, 9.17) is 15.2 Å². The number of nitrogens with zero attached hydrogens (tertiary/aromatic N) is 1. The van der Waals surface area contributed by atoms with Gasteiger partial charge in [0.05, 0.1) is 6.61 Å². The van der Waals surface area contributed by atoms with Crippen molar-refractivity contribution in [3.05, 3.63) is 16.6 Å². The lowest BCUT2D eigenvalue weighted by Crippen LogP contribution is -2.47. The molecule has 33 heavy (non-hydrogen) atoms. The minimum Gasteiger partial charge on any atom is -0.377 e. The summed E-state index contributed by atoms with van der Waals surface area (Å²) >= 11 is 1.38. The van der Waals surface area contributed by atoms with Gasteiger partial charge in [-0.25, -0.2) is 4.98 Å². The number of carbonyl (C=O) groups is 1. The van der Waals surface area contributed by atoms with E-state index in [-0.39, 0.29) is 6.61 Å². The molecule has 1 aromatic rings. The van der Waals surface area contributed by atoms with Crippen LogP contribution in [0.15, 0.2) is 11.6 Å². The highest BCUT2D eigenvalue weighted by Gasteiger charge is 2.42. The van der Waals surface area contributed by atoms with E-state index in [9.17, 15) is 4.79 Å². The Labute approximate surface area is 207 Å². The van der Waals surface area contributed by atoms with Crippen molar-refractivity contribution in [2.75, 3.05) is 19.8 Å². The first kappa shape index (κ1) is 30.1. The Morgan fingerprint density at radius 3 is 1.76 bits per heavy atom. The predicted molar refractivity (Wildman–Crippen MR) is 140 cm³/mol. The second kappa shape index (κ2) is 20.4. The zero-order valence-corrected chi connectivity index (χ0v) is 22.3. The van der Waals surface area contributed by atoms with Crippen molar-refractivity contribution >= 4 is 17.2 Å². The summed E-state index contributed by atoms with van der Waals surface area (Å²) in [7, 11) is 0. The van der Waals surface area contributed by atoms with E-state index in [0.29, 0.717) is 18.2 Å². The van der Waals surface area contributed by atoms with E-state index in [0.717, 1.165) is 19.3 Å². The number of rotatable bonds is 24. The molecule has 0 saturated carbocycles. The summed E-state index contributed by atoms with van der Waals surface area (Å²) in [5.74, 6) is -0.530. The third-order valence-electron chi connectivity index (χ3n) is 6.18. The van der Waals surface area contributed by atoms with Crippen molar-refractivity contribution in [2.45, 2.75) is 129 Å². The number of hydrogen-bond donors (Lipinski definition) is 1. The minimum atomic E-state index is -1.26. The lowest BCUT2D eigenvalue weighted by molar-refractivity contribution is -0.156. The molecular weight excluding hydrogens is 432 g/mol. The Kier molecular flexibility index (Phi) is 18.6. The second-order valence-corrected chi connectivity index (χ2v) is 10.1. The van der Waals surface area contributed by atoms with E-state index in [1.807, 2.05) is 12.3 Å². The number of aromatic nitrogens is 1. The van der Waals surface area contributed by atoms with Crippen LogP contribution >= 0.6 is 11.3 Å². The van der Waals surface area contributed by atoms with Gasteiger partial charge in [-0.05, 0) is 12.8 Å². The summed E-state index contributed by atoms with van der Waals surface area (Å²) in [4.78, 5) is 16.5. The molecule has 0 saturated heterocycles. The van der Waals surface area contributed by atoms with E-state index in [1.165, 1.54) is 101 Å². The topological polar surface area (TPSA) is 74.4 Å². The maximum atomic E-state index is 12.2. The summed E-state index contributed by atoms with van der Waals surface area (Å²) < 4.78 is 11.7. The summed E-state index contributed by atoms with van der Waals surface area (Å²) in [5.41, 5.74) is 4.44. The molecule has 2 N–H and O–H groups in total. The van der Waals surface area contributed by atoms with Crippen molar-refractivity contribution in [2.24, 2.45) is 5.73 Å². The smallest absolute Gasteiger partial charge is 0.259 e. The fraction of sp³-hybridized carbons (Fsp3) is 0.852. The molecule has 0 fully saturated rings. The Hall–Kier alpha value is -0.980. The van der Waals surface area contributed by atoms with Gasteiger partial charge < -0.3 is 15.2 Å². The average molecular weight is 483 g/mol. The molecular formula is C27H50N2O3S. The van der Waals surface area contributed by atoms with Gasteiger partial charge in [0.15, 0.2) is 0 Å². The van der Waals surface area contributed by atoms with Crippen LogP contribution in [0.1, 0.15) is 128 Å². The largest absolute Gasteiger partial charge is 0.377 e. The molecule has 5 nitrogen and oxygen atoms in total. The van der Waals surface area contributed by atoms with Crippen LogP contribution in [-0.4, -0.2) is 30.7 Å². The first-order valence-corrected chi connectivity index (χ1v) is 14.5. The lowest BCUT2D eigenvalue weighted by atomic mass is 10.0. The molecule has 6 heteroatoms. The Balaban J connectivity index is 2.01. The van der Waals surface area contributed by atoms with E-state index < -0.39 is 11.5 Å². The standard InChI is InChI=1S/C27H50N2O3S/c1-3-5-6-7-8-9-10-11-12-13-14-15-16-17-18-19-22-31-24-27(25(28)30,32-21-4-2)26-29-20-23-33-26/h20,23H,3-19,21-22,24H2,1-2H3,(H2,28,30). The van der Waals surface area contributed by atoms with Gasteiger partial charge in [0.2, 0.25) is 5.60 Å². The molecule has 0 bridgehead atoms. The number of carbonyl (C=O) groups excluding carboxylic acids is 1. The van der Waals surface area contributed by atoms with Crippen LogP contribution in [0.25, 0.3) is 0 Å². The fourth-order valence-corrected chi connectivity index (χ4v) is 4.86. The average Bonchev–Trinajstić information content (AvgIpc) is 3.35. The highest BCUT2D eigenvalue weighted by atomic mass is 32.1. The summed E-state index contributed by atoms with van der Waals surface area (Å²) in [6.07, 6.45) is 24.0. The molecule has 0 aliphatic rings. The molecule has 0 aliphatic carbocycles. The molecule has 0 radical (unpaired) electrons. The van der Waals surface area contributed by atoms with Gasteiger partial charge in [-0.2, -0.15) is 0 Å². The van der Waals surface area contributed by atoms with Gasteiger partial charge in [0.25, 0.3) is 5.91 Å². The van der Waals surface area contributed by atoms with Crippen LogP contribution in [0.4, 0.5) is 0 Å². The summed E-state index contributed by atoms with van der Waals surface area (Å²) in [5, 5.41) is 2.41. The molecule has 1 atom stereocenters. The van der Waals surface area contributed by atoms with Gasteiger partial charge >= 0.3 is 0 Å². The molecule has 1 rings (SSSR count). The highest BCUT2D eigenvalue weighted by Crippen LogP contribution is 2.28. The monoisotopic (exact) mass is 482 g/mol. The normalized spacial score (nSPS) is 13.3. The molecule has 0 spiro atoms. The fourth-order valence-electron chi connectivity index (χ4n) is 4.08. The summed E-state index contributed by atoms with van der Waals surface area (Å²) in [6.45, 7) is 5.49. The molecule has 0 aromatic carbocycles. The maximum absolute atomic E-state index is 12.2. The number of hydrogen-bond acceptors (Lipinski definition) is 5. The number of amides is 1. The van der Waals surface area contributed by atoms with Crippen molar-refractivity contribution in [1.29, 1.82) is 0 Å². The van der Waals surface area contributed by atoms with Crippen LogP contribution in [-0.2, 0) is 19.9 Å². The van der Waals surface area contributed by atoms with E-state index in [1.54, 1.807) is 6.20 Å². The highest BCUT2D eigenvalue weighted by molar-refractivity contribution is 7.09. The number of ether oxygens (including phenoxy) is 2. The zero-order valence-electron chi connectivity index (χ0n) is 21.5. The van der Waals surface area contributed by atoms with Gasteiger partial charge in [0.1, 0.15) is 5.01 Å². The van der Waals surface area contributed by atoms with Gasteiger partial charge in [-0.1, -0.05) is 110 Å². The third kappa shape index (κ3) is 13.5. The number of unbranched alkanes of at least 4 members (excludes halogenated alkanes) is 15. The van der Waals surface area contributed by atoms with Crippen LogP contribution in [0.5, 0.6) is 0 Å². The minimum absolute atomic E-state index is 0.134. The molecule has 1 amide bonds. The predicted octanol–water partition coefficient (Wildman–Crippen LogP) is 7.53. The van der Waals surface area contributed by atoms with Crippen LogP contribution in [0, 0.1) is 0 Å². The molecule has 192 valence electrons. The van der Waals surface area contributed by atoms with Crippen molar-refractivity contribution in [1.82, 2.24) is 4.98 Å². The van der Waals surface area contributed by atoms with Crippen molar-refractivity contribution in [3.8, 4) is 0 Å². The molecule has 1 heterocycles. The Bertz CT molecular complexity index is 568. The second-order valence-electron chi connectivity index (χ2n) is 9.23. The quantitative estimate of drug-likeness (QED) is 0.155. The van der Waals surface area contributed by atoms with Crippen molar-refractivity contribution < 1.29 is 14.3 Å². The first-order valence-electron chi connectivity index (χ1n) is 13.6. The lowest BCUT2D eigenvalue weighted by Gasteiger charge is -2.28. The van der Waals surface area contributed by atoms with Crippen molar-refractivity contribution in [3.63, 3.8) is 0 Å². The van der Waals surface area contributed by atoms with Crippen LogP contribution in [0.3, 0.4) is 0 Å². The van der Waals surface area contributed by atoms with Gasteiger partial charge in [-0.15, -0.1) is 11.3 Å². The molecule has 1 unspecified atom stereocenters. The maximum Gasteiger partial charge on any atom is 0.259 e. The Morgan fingerprint density at radius 1 is 0.818 bits per heavy atom. The van der Waals surface area contributed by atoms with E-state index >= 15 is 0 Å². The first-order chi connectivity index (χ1) is 16.2. The van der Waals surface area contributed by atoms with Gasteiger partial charge in [-0.3, -0.25) is 4.79 Å². The van der Waals surface area contributed by atoms with Crippen LogP contribution in [0.2, 0.25) is 0 Å². The SMILES string of the molecule is CCCCCCCCCCCCCCCCCCOCC(OCCC)(C(N)=O)c1nccs1. The number of nitrogens with two attached hydrogens (primary N) is 1. The number of primary amides is 1. The zero-order chi connectivity index (χ0) is 24.0. The number of thiazole rings is 1. The Morgan fingerprint density at radius 2 is 1.33 bits per heavy atom. The summed E-state index contributed by atoms with van der Waals surface area (Å²) in [6, 6.07) is 0. The molecule has 0 aliphatic heterocycles. The third-order valence-corrected chi connectivity index (χ3v) is 7.09. The van der Waals surface area contributed by atoms with E-state index in [2.05, 4.69) is 11.9 Å². The van der Waals surface area contributed by atoms with Crippen LogP contribution < -0.4 is 5.73 Å². The van der Waals surface area contributed by atoms with Gasteiger partial charge in [0, 0.05) is 24.8 Å².